The van der Waals surface area contributed by atoms with Crippen molar-refractivity contribution in [3.05, 3.63) is 95.6 Å². The molecule has 3 aromatic carbocycles. The lowest BCUT2D eigenvalue weighted by Gasteiger charge is -2.20. The molecule has 220 valence electrons. The van der Waals surface area contributed by atoms with E-state index >= 15 is 0 Å². The van der Waals surface area contributed by atoms with Crippen LogP contribution in [0.25, 0.3) is 22.5 Å². The van der Waals surface area contributed by atoms with Gasteiger partial charge in [0.1, 0.15) is 23.2 Å². The number of methoxy groups -OCH3 is 1. The molecule has 2 N–H and O–H groups in total. The van der Waals surface area contributed by atoms with Crippen LogP contribution in [-0.4, -0.2) is 45.2 Å². The molecule has 0 atom stereocenters. The van der Waals surface area contributed by atoms with Crippen LogP contribution in [-0.2, 0) is 16.1 Å². The van der Waals surface area contributed by atoms with Gasteiger partial charge in [-0.1, -0.05) is 18.2 Å². The molecule has 43 heavy (non-hydrogen) atoms. The lowest BCUT2D eigenvalue weighted by Crippen LogP contribution is -2.27. The second-order valence-electron chi connectivity index (χ2n) is 10.7. The summed E-state index contributed by atoms with van der Waals surface area (Å²) in [6.07, 6.45) is 2.43. The van der Waals surface area contributed by atoms with Crippen molar-refractivity contribution in [3.63, 3.8) is 0 Å². The van der Waals surface area contributed by atoms with E-state index in [2.05, 4.69) is 20.6 Å². The number of oxazole rings is 1. The monoisotopic (exact) mass is 581 g/mol. The molecule has 2 amide bonds. The highest BCUT2D eigenvalue weighted by Gasteiger charge is 2.24. The largest absolute Gasteiger partial charge is 0.444 e. The Morgan fingerprint density at radius 2 is 1.70 bits per heavy atom. The maximum atomic E-state index is 13.5. The molecule has 11 nitrogen and oxygen atoms in total. The second-order valence-corrected chi connectivity index (χ2v) is 10.7. The van der Waals surface area contributed by atoms with Crippen LogP contribution in [0.1, 0.15) is 52.9 Å². The van der Waals surface area contributed by atoms with E-state index in [9.17, 15) is 14.4 Å². The average Bonchev–Trinajstić information content (AvgIpc) is 3.61. The normalized spacial score (nSPS) is 11.4. The molecule has 0 spiro atoms. The first kappa shape index (κ1) is 29.2. The van der Waals surface area contributed by atoms with Crippen molar-refractivity contribution >= 4 is 40.3 Å². The fourth-order valence-electron chi connectivity index (χ4n) is 4.60. The Kier molecular flexibility index (Phi) is 8.09. The summed E-state index contributed by atoms with van der Waals surface area (Å²) >= 11 is 0. The minimum Gasteiger partial charge on any atom is -0.444 e. The SMILES string of the molecule is COCc1cc(C(=O)Nc2ccccc2-c2ncco2)ccc1C(=O)Nc1cccc2c1nc(C)n2C(=O)OC(C)(C)C. The van der Waals surface area contributed by atoms with Gasteiger partial charge in [-0.25, -0.2) is 19.3 Å². The van der Waals surface area contributed by atoms with Gasteiger partial charge in [0, 0.05) is 18.2 Å². The van der Waals surface area contributed by atoms with Crippen LogP contribution in [0.15, 0.2) is 77.5 Å². The zero-order valence-electron chi connectivity index (χ0n) is 24.4. The number of hydrogen-bond acceptors (Lipinski definition) is 8. The van der Waals surface area contributed by atoms with Gasteiger partial charge >= 0.3 is 6.09 Å². The minimum atomic E-state index is -0.688. The van der Waals surface area contributed by atoms with E-state index < -0.39 is 17.6 Å². The summed E-state index contributed by atoms with van der Waals surface area (Å²) in [5.74, 6) is -0.00335. The fourth-order valence-corrected chi connectivity index (χ4v) is 4.60. The van der Waals surface area contributed by atoms with Gasteiger partial charge in [-0.15, -0.1) is 0 Å². The van der Waals surface area contributed by atoms with E-state index in [4.69, 9.17) is 13.9 Å². The average molecular weight is 582 g/mol. The summed E-state index contributed by atoms with van der Waals surface area (Å²) in [7, 11) is 1.51. The van der Waals surface area contributed by atoms with E-state index in [1.165, 1.54) is 24.1 Å². The molecule has 5 aromatic rings. The highest BCUT2D eigenvalue weighted by molar-refractivity contribution is 6.11. The highest BCUT2D eigenvalue weighted by atomic mass is 16.6. The summed E-state index contributed by atoms with van der Waals surface area (Å²) in [5, 5.41) is 5.79. The highest BCUT2D eigenvalue weighted by Crippen LogP contribution is 2.28. The maximum absolute atomic E-state index is 13.5. The molecule has 0 fully saturated rings. The first-order valence-corrected chi connectivity index (χ1v) is 13.5. The van der Waals surface area contributed by atoms with E-state index in [1.54, 1.807) is 82.3 Å². The number of benzene rings is 3. The third-order valence-corrected chi connectivity index (χ3v) is 6.43. The van der Waals surface area contributed by atoms with Gasteiger partial charge in [-0.2, -0.15) is 0 Å². The number of amides is 2. The molecule has 0 bridgehead atoms. The number of ether oxygens (including phenoxy) is 2. The Hall–Kier alpha value is -5.29. The van der Waals surface area contributed by atoms with Gasteiger partial charge in [0.05, 0.1) is 35.3 Å². The minimum absolute atomic E-state index is 0.0906. The van der Waals surface area contributed by atoms with Crippen molar-refractivity contribution < 1.29 is 28.3 Å². The van der Waals surface area contributed by atoms with Crippen LogP contribution in [0.5, 0.6) is 0 Å². The Labute approximate surface area is 247 Å². The lowest BCUT2D eigenvalue weighted by molar-refractivity contribution is 0.0540. The van der Waals surface area contributed by atoms with Gasteiger partial charge in [-0.05, 0) is 75.7 Å². The number of carbonyl (C=O) groups excluding carboxylic acids is 3. The van der Waals surface area contributed by atoms with Gasteiger partial charge in [0.2, 0.25) is 5.89 Å². The van der Waals surface area contributed by atoms with Crippen LogP contribution < -0.4 is 10.6 Å². The Morgan fingerprint density at radius 1 is 0.953 bits per heavy atom. The molecular formula is C32H31N5O6. The molecule has 2 heterocycles. The molecular weight excluding hydrogens is 550 g/mol. The standard InChI is InChI=1S/C32H31N5O6/c1-19-34-27-25(11-8-12-26(27)37(19)31(40)43-32(2,3)4)36-29(39)22-14-13-20(17-21(22)18-41-5)28(38)35-24-10-7-6-9-23(24)30-33-15-16-42-30/h6-17H,18H2,1-5H3,(H,35,38)(H,36,39). The second kappa shape index (κ2) is 11.9. The molecule has 0 saturated carbocycles. The van der Waals surface area contributed by atoms with E-state index in [1.807, 2.05) is 6.07 Å². The van der Waals surface area contributed by atoms with Gasteiger partial charge in [-0.3, -0.25) is 9.59 Å². The Balaban J connectivity index is 1.40. The summed E-state index contributed by atoms with van der Waals surface area (Å²) < 4.78 is 17.7. The molecule has 0 aliphatic heterocycles. The van der Waals surface area contributed by atoms with Gasteiger partial charge < -0.3 is 24.5 Å². The van der Waals surface area contributed by atoms with Crippen LogP contribution in [0, 0.1) is 6.92 Å². The first-order chi connectivity index (χ1) is 20.6. The molecule has 0 aliphatic carbocycles. The number of carbonyl (C=O) groups is 3. The van der Waals surface area contributed by atoms with E-state index in [0.29, 0.717) is 56.4 Å². The Morgan fingerprint density at radius 3 is 2.42 bits per heavy atom. The molecule has 5 rings (SSSR count). The van der Waals surface area contributed by atoms with Crippen LogP contribution in [0.2, 0.25) is 0 Å². The summed E-state index contributed by atoms with van der Waals surface area (Å²) in [4.78, 5) is 48.3. The zero-order chi connectivity index (χ0) is 30.7. The lowest BCUT2D eigenvalue weighted by atomic mass is 10.0. The van der Waals surface area contributed by atoms with Crippen LogP contribution >= 0.6 is 0 Å². The molecule has 2 aromatic heterocycles. The molecule has 0 unspecified atom stereocenters. The Bertz CT molecular complexity index is 1820. The third kappa shape index (κ3) is 6.31. The third-order valence-electron chi connectivity index (χ3n) is 6.43. The van der Waals surface area contributed by atoms with Crippen LogP contribution in [0.4, 0.5) is 16.2 Å². The molecule has 0 saturated heterocycles. The van der Waals surface area contributed by atoms with Crippen molar-refractivity contribution in [3.8, 4) is 11.5 Å². The quantitative estimate of drug-likeness (QED) is 0.224. The number of imidazole rings is 1. The molecule has 0 aliphatic rings. The molecule has 11 heteroatoms. The number of aromatic nitrogens is 3. The number of aryl methyl sites for hydroxylation is 1. The van der Waals surface area contributed by atoms with Gasteiger partial charge in [0.15, 0.2) is 0 Å². The predicted molar refractivity (Wildman–Crippen MR) is 161 cm³/mol. The maximum Gasteiger partial charge on any atom is 0.420 e. The first-order valence-electron chi connectivity index (χ1n) is 13.5. The van der Waals surface area contributed by atoms with Crippen LogP contribution in [0.3, 0.4) is 0 Å². The summed E-state index contributed by atoms with van der Waals surface area (Å²) in [5.41, 5.74) is 2.99. The van der Waals surface area contributed by atoms with Gasteiger partial charge in [0.25, 0.3) is 11.8 Å². The number of fused-ring (bicyclic) bond motifs is 1. The molecule has 0 radical (unpaired) electrons. The number of nitrogens with one attached hydrogen (secondary N) is 2. The van der Waals surface area contributed by atoms with E-state index in [0.717, 1.165) is 0 Å². The topological polar surface area (TPSA) is 138 Å². The number of para-hydroxylation sites is 2. The van der Waals surface area contributed by atoms with Crippen molar-refractivity contribution in [1.29, 1.82) is 0 Å². The number of nitrogens with zero attached hydrogens (tertiary/aromatic N) is 3. The fraction of sp³-hybridized carbons (Fsp3) is 0.219. The van der Waals surface area contributed by atoms with Crippen molar-refractivity contribution in [1.82, 2.24) is 14.5 Å². The van der Waals surface area contributed by atoms with Crippen molar-refractivity contribution in [2.45, 2.75) is 39.9 Å². The number of rotatable bonds is 7. The summed E-state index contributed by atoms with van der Waals surface area (Å²) in [6, 6.07) is 17.1. The smallest absolute Gasteiger partial charge is 0.420 e. The van der Waals surface area contributed by atoms with Crippen molar-refractivity contribution in [2.24, 2.45) is 0 Å². The number of hydrogen-bond donors (Lipinski definition) is 2. The number of anilines is 2. The van der Waals surface area contributed by atoms with Crippen molar-refractivity contribution in [2.75, 3.05) is 17.7 Å². The predicted octanol–water partition coefficient (Wildman–Crippen LogP) is 6.43. The summed E-state index contributed by atoms with van der Waals surface area (Å²) in [6.45, 7) is 7.14. The zero-order valence-corrected chi connectivity index (χ0v) is 24.4. The van der Waals surface area contributed by atoms with E-state index in [-0.39, 0.29) is 12.5 Å².